The first-order valence-electron chi connectivity index (χ1n) is 6.35. The maximum Gasteiger partial charge on any atom is 0.172 e. The first kappa shape index (κ1) is 14.6. The number of benzene rings is 1. The molecule has 0 radical (unpaired) electrons. The number of imidazole rings is 1. The molecule has 0 bridgehead atoms. The largest absolute Gasteiger partial charge is 0.295 e. The van der Waals surface area contributed by atoms with E-state index >= 15 is 0 Å². The lowest BCUT2D eigenvalue weighted by molar-refractivity contribution is 0.885. The fourth-order valence-corrected chi connectivity index (χ4v) is 3.67. The van der Waals surface area contributed by atoms with E-state index in [1.165, 1.54) is 22.7 Å². The van der Waals surface area contributed by atoms with E-state index in [9.17, 15) is 0 Å². The van der Waals surface area contributed by atoms with E-state index in [4.69, 9.17) is 11.6 Å². The number of hydrogen-bond donors (Lipinski definition) is 0. The van der Waals surface area contributed by atoms with E-state index in [1.807, 2.05) is 12.4 Å². The van der Waals surface area contributed by atoms with Gasteiger partial charge in [-0.3, -0.25) is 4.57 Å². The van der Waals surface area contributed by atoms with Crippen molar-refractivity contribution in [3.8, 4) is 5.69 Å². The van der Waals surface area contributed by atoms with Crippen LogP contribution in [0.2, 0.25) is 4.34 Å². The second kappa shape index (κ2) is 6.17. The Kier molecular flexibility index (Phi) is 4.28. The fraction of sp³-hybridized carbons (Fsp3) is 0.214. The van der Waals surface area contributed by atoms with Crippen LogP contribution >= 0.6 is 34.9 Å². The highest BCUT2D eigenvalue weighted by molar-refractivity contribution is 7.98. The molecule has 3 rings (SSSR count). The SMILES string of the molecule is Cc1ccc(C)c(-n2ccnc2SCc2nnsc2Cl)c1. The highest BCUT2D eigenvalue weighted by Crippen LogP contribution is 2.28. The average molecular weight is 337 g/mol. The number of halogens is 1. The Balaban J connectivity index is 1.87. The zero-order valence-corrected chi connectivity index (χ0v) is 14.0. The average Bonchev–Trinajstić information content (AvgIpc) is 3.08. The molecule has 0 saturated heterocycles. The summed E-state index contributed by atoms with van der Waals surface area (Å²) >= 11 is 8.85. The van der Waals surface area contributed by atoms with Crippen molar-refractivity contribution in [2.75, 3.05) is 0 Å². The summed E-state index contributed by atoms with van der Waals surface area (Å²) in [6, 6.07) is 6.40. The van der Waals surface area contributed by atoms with Gasteiger partial charge in [0, 0.05) is 29.7 Å². The number of hydrogen-bond acceptors (Lipinski definition) is 5. The van der Waals surface area contributed by atoms with E-state index in [2.05, 4.69) is 51.2 Å². The smallest absolute Gasteiger partial charge is 0.172 e. The van der Waals surface area contributed by atoms with Crippen molar-refractivity contribution in [3.05, 3.63) is 51.7 Å². The van der Waals surface area contributed by atoms with Crippen molar-refractivity contribution in [2.45, 2.75) is 24.8 Å². The first-order valence-corrected chi connectivity index (χ1v) is 8.49. The van der Waals surface area contributed by atoms with E-state index in [0.717, 1.165) is 16.5 Å². The highest BCUT2D eigenvalue weighted by Gasteiger charge is 2.11. The van der Waals surface area contributed by atoms with Crippen molar-refractivity contribution < 1.29 is 0 Å². The number of aryl methyl sites for hydroxylation is 2. The maximum atomic E-state index is 6.04. The summed E-state index contributed by atoms with van der Waals surface area (Å²) in [7, 11) is 0. The normalized spacial score (nSPS) is 11.0. The van der Waals surface area contributed by atoms with Crippen molar-refractivity contribution in [2.24, 2.45) is 0 Å². The van der Waals surface area contributed by atoms with Crippen LogP contribution in [-0.2, 0) is 5.75 Å². The number of aromatic nitrogens is 4. The summed E-state index contributed by atoms with van der Waals surface area (Å²) in [5.74, 6) is 0.664. The number of rotatable bonds is 4. The molecule has 7 heteroatoms. The van der Waals surface area contributed by atoms with Crippen molar-refractivity contribution in [1.82, 2.24) is 19.1 Å². The minimum Gasteiger partial charge on any atom is -0.295 e. The van der Waals surface area contributed by atoms with Crippen molar-refractivity contribution >= 4 is 34.9 Å². The Labute approximate surface area is 136 Å². The third kappa shape index (κ3) is 3.12. The monoisotopic (exact) mass is 336 g/mol. The lowest BCUT2D eigenvalue weighted by Gasteiger charge is -2.11. The summed E-state index contributed by atoms with van der Waals surface area (Å²) in [6.45, 7) is 4.19. The molecule has 21 heavy (non-hydrogen) atoms. The van der Waals surface area contributed by atoms with Crippen LogP contribution in [-0.4, -0.2) is 19.1 Å². The van der Waals surface area contributed by atoms with Gasteiger partial charge >= 0.3 is 0 Å². The van der Waals surface area contributed by atoms with Crippen LogP contribution in [0.5, 0.6) is 0 Å². The molecule has 0 aliphatic carbocycles. The standard InChI is InChI=1S/C14H13ClN4S2/c1-9-3-4-10(2)12(7-9)19-6-5-16-14(19)20-8-11-13(15)21-18-17-11/h3-7H,8H2,1-2H3. The Hall–Kier alpha value is -1.37. The van der Waals surface area contributed by atoms with E-state index in [0.29, 0.717) is 10.1 Å². The minimum absolute atomic E-state index is 0.646. The summed E-state index contributed by atoms with van der Waals surface area (Å²) < 4.78 is 6.59. The molecule has 1 aromatic carbocycles. The molecule has 0 saturated carbocycles. The zero-order valence-electron chi connectivity index (χ0n) is 11.6. The second-order valence-electron chi connectivity index (χ2n) is 4.65. The van der Waals surface area contributed by atoms with Gasteiger partial charge in [-0.15, -0.1) is 5.10 Å². The molecule has 2 aromatic heterocycles. The summed E-state index contributed by atoms with van der Waals surface area (Å²) in [5.41, 5.74) is 4.40. The third-order valence-electron chi connectivity index (χ3n) is 3.08. The summed E-state index contributed by atoms with van der Waals surface area (Å²) in [5, 5.41) is 4.95. The Morgan fingerprint density at radius 1 is 1.33 bits per heavy atom. The van der Waals surface area contributed by atoms with Gasteiger partial charge in [0.2, 0.25) is 0 Å². The number of thioether (sulfide) groups is 1. The quantitative estimate of drug-likeness (QED) is 0.667. The molecule has 0 N–H and O–H groups in total. The van der Waals surface area contributed by atoms with Gasteiger partial charge in [0.05, 0.1) is 5.69 Å². The molecular formula is C14H13ClN4S2. The highest BCUT2D eigenvalue weighted by atomic mass is 35.5. The van der Waals surface area contributed by atoms with Gasteiger partial charge in [0.25, 0.3) is 0 Å². The molecular weight excluding hydrogens is 324 g/mol. The topological polar surface area (TPSA) is 43.6 Å². The Bertz CT molecular complexity index is 766. The zero-order chi connectivity index (χ0) is 14.8. The molecule has 0 spiro atoms. The van der Waals surface area contributed by atoms with Crippen molar-refractivity contribution in [1.29, 1.82) is 0 Å². The molecule has 0 aliphatic rings. The van der Waals surface area contributed by atoms with Gasteiger partial charge in [0.1, 0.15) is 10.0 Å². The van der Waals surface area contributed by atoms with E-state index < -0.39 is 0 Å². The summed E-state index contributed by atoms with van der Waals surface area (Å²) in [4.78, 5) is 4.43. The van der Waals surface area contributed by atoms with Gasteiger partial charge in [-0.1, -0.05) is 40.0 Å². The molecule has 0 amide bonds. The third-order valence-corrected chi connectivity index (χ3v) is 5.04. The second-order valence-corrected chi connectivity index (χ2v) is 6.95. The van der Waals surface area contributed by atoms with Gasteiger partial charge in [-0.25, -0.2) is 4.98 Å². The van der Waals surface area contributed by atoms with Gasteiger partial charge < -0.3 is 0 Å². The Morgan fingerprint density at radius 2 is 2.19 bits per heavy atom. The predicted molar refractivity (Wildman–Crippen MR) is 87.5 cm³/mol. The van der Waals surface area contributed by atoms with Crippen LogP contribution in [0.25, 0.3) is 5.69 Å². The first-order chi connectivity index (χ1) is 10.1. The minimum atomic E-state index is 0.646. The van der Waals surface area contributed by atoms with Crippen LogP contribution in [0, 0.1) is 13.8 Å². The predicted octanol–water partition coefficient (Wildman–Crippen LogP) is 4.29. The molecule has 108 valence electrons. The molecule has 0 atom stereocenters. The van der Waals surface area contributed by atoms with Crippen LogP contribution in [0.1, 0.15) is 16.8 Å². The van der Waals surface area contributed by atoms with Gasteiger partial charge in [-0.05, 0) is 31.0 Å². The van der Waals surface area contributed by atoms with Gasteiger partial charge in [-0.2, -0.15) is 0 Å². The molecule has 0 aliphatic heterocycles. The molecule has 0 fully saturated rings. The molecule has 0 unspecified atom stereocenters. The number of nitrogens with zero attached hydrogens (tertiary/aromatic N) is 4. The van der Waals surface area contributed by atoms with E-state index in [-0.39, 0.29) is 0 Å². The molecule has 3 aromatic rings. The van der Waals surface area contributed by atoms with Crippen molar-refractivity contribution in [3.63, 3.8) is 0 Å². The fourth-order valence-electron chi connectivity index (χ4n) is 1.97. The van der Waals surface area contributed by atoms with Crippen LogP contribution in [0.15, 0.2) is 35.7 Å². The van der Waals surface area contributed by atoms with Crippen LogP contribution in [0.4, 0.5) is 0 Å². The lowest BCUT2D eigenvalue weighted by Crippen LogP contribution is -1.99. The molecule has 2 heterocycles. The van der Waals surface area contributed by atoms with Crippen LogP contribution < -0.4 is 0 Å². The Morgan fingerprint density at radius 3 is 2.95 bits per heavy atom. The summed E-state index contributed by atoms with van der Waals surface area (Å²) in [6.07, 6.45) is 3.79. The van der Waals surface area contributed by atoms with E-state index in [1.54, 1.807) is 11.8 Å². The maximum absolute atomic E-state index is 6.04. The van der Waals surface area contributed by atoms with Gasteiger partial charge in [0.15, 0.2) is 5.16 Å². The molecule has 4 nitrogen and oxygen atoms in total. The van der Waals surface area contributed by atoms with Crippen LogP contribution in [0.3, 0.4) is 0 Å². The lowest BCUT2D eigenvalue weighted by atomic mass is 10.1.